The predicted molar refractivity (Wildman–Crippen MR) is 117 cm³/mol. The molecule has 1 saturated heterocycles. The topological polar surface area (TPSA) is 72.2 Å². The second-order valence-corrected chi connectivity index (χ2v) is 8.78. The number of hydrogen-bond donors (Lipinski definition) is 1. The fraction of sp³-hybridized carbons (Fsp3) is 0. The van der Waals surface area contributed by atoms with Gasteiger partial charge in [-0.05, 0) is 40.6 Å². The summed E-state index contributed by atoms with van der Waals surface area (Å²) in [6, 6.07) is 18.9. The average molecular weight is 425 g/mol. The van der Waals surface area contributed by atoms with Crippen molar-refractivity contribution in [3.05, 3.63) is 81.2 Å². The number of thioether (sulfide) groups is 1. The Hall–Kier alpha value is -2.68. The minimum absolute atomic E-state index is 0.00140. The van der Waals surface area contributed by atoms with Gasteiger partial charge in [-0.3, -0.25) is 14.9 Å². The van der Waals surface area contributed by atoms with Crippen molar-refractivity contribution in [1.82, 2.24) is 5.32 Å². The van der Waals surface area contributed by atoms with Crippen molar-refractivity contribution in [2.24, 2.45) is 0 Å². The maximum absolute atomic E-state index is 11.8. The SMILES string of the molecule is O=C1NC(=S)S/C1=C\c1ccc(Sc2ccc3ccccc3c2)c([N+](=O)[O-])c1. The van der Waals surface area contributed by atoms with E-state index in [1.165, 1.54) is 17.8 Å². The van der Waals surface area contributed by atoms with Crippen molar-refractivity contribution < 1.29 is 9.72 Å². The lowest BCUT2D eigenvalue weighted by Gasteiger charge is -2.06. The quantitative estimate of drug-likeness (QED) is 0.262. The van der Waals surface area contributed by atoms with E-state index in [2.05, 4.69) is 5.32 Å². The molecule has 0 atom stereocenters. The highest BCUT2D eigenvalue weighted by Gasteiger charge is 2.23. The number of rotatable bonds is 4. The highest BCUT2D eigenvalue weighted by molar-refractivity contribution is 8.26. The van der Waals surface area contributed by atoms with Gasteiger partial charge in [-0.15, -0.1) is 0 Å². The molecule has 8 heteroatoms. The van der Waals surface area contributed by atoms with Crippen molar-refractivity contribution >= 4 is 68.5 Å². The first-order valence-electron chi connectivity index (χ1n) is 8.19. The molecule has 0 aliphatic carbocycles. The predicted octanol–water partition coefficient (Wildman–Crippen LogP) is 5.39. The Morgan fingerprint density at radius 1 is 1.07 bits per heavy atom. The van der Waals surface area contributed by atoms with E-state index in [-0.39, 0.29) is 11.6 Å². The highest BCUT2D eigenvalue weighted by atomic mass is 32.2. The van der Waals surface area contributed by atoms with Crippen LogP contribution in [0.25, 0.3) is 16.8 Å². The van der Waals surface area contributed by atoms with Crippen LogP contribution >= 0.6 is 35.7 Å². The van der Waals surface area contributed by atoms with Crippen LogP contribution in [0.3, 0.4) is 0 Å². The number of nitrogens with zero attached hydrogens (tertiary/aromatic N) is 1. The zero-order valence-electron chi connectivity index (χ0n) is 14.2. The van der Waals surface area contributed by atoms with Crippen LogP contribution in [0, 0.1) is 10.1 Å². The van der Waals surface area contributed by atoms with Gasteiger partial charge in [0.25, 0.3) is 11.6 Å². The van der Waals surface area contributed by atoms with Gasteiger partial charge in [0.1, 0.15) is 4.32 Å². The number of nitrogens with one attached hydrogen (secondary N) is 1. The van der Waals surface area contributed by atoms with Crippen LogP contribution in [0.4, 0.5) is 5.69 Å². The van der Waals surface area contributed by atoms with Gasteiger partial charge >= 0.3 is 0 Å². The zero-order valence-corrected chi connectivity index (χ0v) is 16.7. The van der Waals surface area contributed by atoms with Crippen LogP contribution in [-0.2, 0) is 4.79 Å². The lowest BCUT2D eigenvalue weighted by atomic mass is 10.1. The second kappa shape index (κ2) is 7.75. The normalized spacial score (nSPS) is 15.2. The monoisotopic (exact) mass is 424 g/mol. The first-order valence-corrected chi connectivity index (χ1v) is 10.2. The second-order valence-electron chi connectivity index (χ2n) is 5.95. The molecule has 4 rings (SSSR count). The van der Waals surface area contributed by atoms with E-state index in [4.69, 9.17) is 12.2 Å². The maximum atomic E-state index is 11.8. The molecule has 0 bridgehead atoms. The van der Waals surface area contributed by atoms with Gasteiger partial charge in [0.15, 0.2) is 0 Å². The first-order chi connectivity index (χ1) is 13.5. The van der Waals surface area contributed by atoms with Crippen molar-refractivity contribution in [3.63, 3.8) is 0 Å². The largest absolute Gasteiger partial charge is 0.307 e. The molecule has 0 aromatic heterocycles. The Balaban J connectivity index is 1.67. The molecule has 0 spiro atoms. The minimum atomic E-state index is -0.405. The Labute approximate surface area is 174 Å². The molecule has 1 aliphatic heterocycles. The van der Waals surface area contributed by atoms with E-state index in [1.54, 1.807) is 18.2 Å². The smallest absolute Gasteiger partial charge is 0.283 e. The number of fused-ring (bicyclic) bond motifs is 1. The molecular weight excluding hydrogens is 412 g/mol. The van der Waals surface area contributed by atoms with Crippen LogP contribution in [0.15, 0.2) is 75.4 Å². The Morgan fingerprint density at radius 2 is 1.86 bits per heavy atom. The summed E-state index contributed by atoms with van der Waals surface area (Å²) in [5, 5.41) is 16.3. The minimum Gasteiger partial charge on any atom is -0.307 e. The molecule has 1 heterocycles. The van der Waals surface area contributed by atoms with Crippen molar-refractivity contribution in [2.45, 2.75) is 9.79 Å². The standard InChI is InChI=1S/C20H12N2O3S3/c23-19-18(28-20(26)21-19)10-12-5-8-17(16(9-12)22(24)25)27-15-7-6-13-3-1-2-4-14(13)11-15/h1-11H,(H,21,23,26)/b18-10-. The van der Waals surface area contributed by atoms with Crippen LogP contribution in [-0.4, -0.2) is 15.2 Å². The Morgan fingerprint density at radius 3 is 2.57 bits per heavy atom. The third kappa shape index (κ3) is 3.94. The number of hydrogen-bond acceptors (Lipinski definition) is 6. The van der Waals surface area contributed by atoms with Crippen LogP contribution in [0.5, 0.6) is 0 Å². The number of nitro groups is 1. The van der Waals surface area contributed by atoms with E-state index in [1.807, 2.05) is 42.5 Å². The van der Waals surface area contributed by atoms with Gasteiger partial charge in [0, 0.05) is 11.0 Å². The lowest BCUT2D eigenvalue weighted by Crippen LogP contribution is -2.17. The van der Waals surface area contributed by atoms with Crippen molar-refractivity contribution in [2.75, 3.05) is 0 Å². The van der Waals surface area contributed by atoms with Gasteiger partial charge < -0.3 is 5.32 Å². The summed E-state index contributed by atoms with van der Waals surface area (Å²) < 4.78 is 0.384. The molecule has 1 fully saturated rings. The number of carbonyl (C=O) groups excluding carboxylic acids is 1. The van der Waals surface area contributed by atoms with Gasteiger partial charge in [0.05, 0.1) is 14.7 Å². The zero-order chi connectivity index (χ0) is 19.7. The fourth-order valence-electron chi connectivity index (χ4n) is 2.78. The van der Waals surface area contributed by atoms with Crippen LogP contribution in [0.2, 0.25) is 0 Å². The summed E-state index contributed by atoms with van der Waals surface area (Å²) in [5.74, 6) is -0.285. The fourth-order valence-corrected chi connectivity index (χ4v) is 4.78. The Bertz CT molecular complexity index is 1170. The first kappa shape index (κ1) is 18.7. The van der Waals surface area contributed by atoms with E-state index in [9.17, 15) is 14.9 Å². The molecule has 0 radical (unpaired) electrons. The summed E-state index contributed by atoms with van der Waals surface area (Å²) in [5.41, 5.74) is 0.579. The summed E-state index contributed by atoms with van der Waals surface area (Å²) in [6.07, 6.45) is 1.61. The molecule has 138 valence electrons. The molecule has 5 nitrogen and oxygen atoms in total. The van der Waals surface area contributed by atoms with Crippen LogP contribution in [0.1, 0.15) is 5.56 Å². The average Bonchev–Trinajstić information content (AvgIpc) is 2.99. The summed E-state index contributed by atoms with van der Waals surface area (Å²) >= 11 is 7.45. The number of carbonyl (C=O) groups is 1. The molecule has 28 heavy (non-hydrogen) atoms. The van der Waals surface area contributed by atoms with E-state index in [0.717, 1.165) is 27.4 Å². The van der Waals surface area contributed by atoms with Gasteiger partial charge in [-0.25, -0.2) is 0 Å². The van der Waals surface area contributed by atoms with Gasteiger partial charge in [-0.2, -0.15) is 0 Å². The maximum Gasteiger partial charge on any atom is 0.283 e. The molecular formula is C20H12N2O3S3. The third-order valence-electron chi connectivity index (χ3n) is 4.07. The summed E-state index contributed by atoms with van der Waals surface area (Å²) in [6.45, 7) is 0. The van der Waals surface area contributed by atoms with Gasteiger partial charge in [0.2, 0.25) is 0 Å². The Kier molecular flexibility index (Phi) is 5.17. The highest BCUT2D eigenvalue weighted by Crippen LogP contribution is 2.37. The van der Waals surface area contributed by atoms with Gasteiger partial charge in [-0.1, -0.05) is 72.1 Å². The number of benzene rings is 3. The molecule has 0 saturated carbocycles. The molecule has 3 aromatic carbocycles. The van der Waals surface area contributed by atoms with Crippen LogP contribution < -0.4 is 5.32 Å². The summed E-state index contributed by atoms with van der Waals surface area (Å²) in [4.78, 5) is 24.9. The molecule has 1 N–H and O–H groups in total. The number of amides is 1. The third-order valence-corrected chi connectivity index (χ3v) is 6.29. The lowest BCUT2D eigenvalue weighted by molar-refractivity contribution is -0.387. The summed E-state index contributed by atoms with van der Waals surface area (Å²) in [7, 11) is 0. The van der Waals surface area contributed by atoms with Crippen molar-refractivity contribution in [3.8, 4) is 0 Å². The van der Waals surface area contributed by atoms with Crippen molar-refractivity contribution in [1.29, 1.82) is 0 Å². The molecule has 3 aromatic rings. The number of nitro benzene ring substituents is 1. The molecule has 1 aliphatic rings. The molecule has 1 amide bonds. The van der Waals surface area contributed by atoms with E-state index in [0.29, 0.717) is 19.7 Å². The van der Waals surface area contributed by atoms with E-state index < -0.39 is 4.92 Å². The number of thiocarbonyl (C=S) groups is 1. The molecule has 0 unspecified atom stereocenters. The van der Waals surface area contributed by atoms with E-state index >= 15 is 0 Å².